The molecule has 2 atom stereocenters. The van der Waals surface area contributed by atoms with E-state index in [1.54, 1.807) is 4.90 Å². The van der Waals surface area contributed by atoms with E-state index in [0.29, 0.717) is 19.5 Å². The number of amides is 2. The monoisotopic (exact) mass is 199 g/mol. The first-order valence-corrected chi connectivity index (χ1v) is 4.82. The summed E-state index contributed by atoms with van der Waals surface area (Å²) in [6.07, 6.45) is 0.687. The average Bonchev–Trinajstić information content (AvgIpc) is 2.09. The highest BCUT2D eigenvalue weighted by atomic mass is 16.2. The molecule has 0 aromatic carbocycles. The van der Waals surface area contributed by atoms with Gasteiger partial charge in [-0.3, -0.25) is 9.59 Å². The molecule has 1 aliphatic heterocycles. The van der Waals surface area contributed by atoms with E-state index in [1.807, 2.05) is 6.92 Å². The third-order valence-corrected chi connectivity index (χ3v) is 2.64. The second kappa shape index (κ2) is 4.41. The summed E-state index contributed by atoms with van der Waals surface area (Å²) in [5.41, 5.74) is 10.8. The van der Waals surface area contributed by atoms with Gasteiger partial charge in [0.2, 0.25) is 11.8 Å². The first kappa shape index (κ1) is 11.0. The molecule has 80 valence electrons. The predicted octanol–water partition coefficient (Wildman–Crippen LogP) is -0.942. The predicted molar refractivity (Wildman–Crippen MR) is 52.1 cm³/mol. The SMILES string of the molecule is CC1CC(=O)N(CCC(N)=O)CC1N. The minimum absolute atomic E-state index is 0.0144. The zero-order valence-corrected chi connectivity index (χ0v) is 8.40. The smallest absolute Gasteiger partial charge is 0.222 e. The Labute approximate surface area is 83.4 Å². The Hall–Kier alpha value is -1.10. The van der Waals surface area contributed by atoms with Crippen LogP contribution in [-0.2, 0) is 9.59 Å². The molecule has 5 nitrogen and oxygen atoms in total. The number of primary amides is 1. The zero-order chi connectivity index (χ0) is 10.7. The van der Waals surface area contributed by atoms with Crippen LogP contribution >= 0.6 is 0 Å². The van der Waals surface area contributed by atoms with Gasteiger partial charge in [0.1, 0.15) is 0 Å². The lowest BCUT2D eigenvalue weighted by Gasteiger charge is -2.34. The van der Waals surface area contributed by atoms with E-state index in [0.717, 1.165) is 0 Å². The summed E-state index contributed by atoms with van der Waals surface area (Å²) < 4.78 is 0. The molecule has 2 amide bonds. The highest BCUT2D eigenvalue weighted by Gasteiger charge is 2.28. The number of nitrogens with two attached hydrogens (primary N) is 2. The van der Waals surface area contributed by atoms with E-state index < -0.39 is 0 Å². The number of likely N-dealkylation sites (tertiary alicyclic amines) is 1. The molecule has 5 heteroatoms. The number of nitrogens with zero attached hydrogens (tertiary/aromatic N) is 1. The van der Waals surface area contributed by atoms with Crippen molar-refractivity contribution < 1.29 is 9.59 Å². The first-order valence-electron chi connectivity index (χ1n) is 4.82. The Morgan fingerprint density at radius 3 is 2.86 bits per heavy atom. The molecule has 0 aromatic rings. The van der Waals surface area contributed by atoms with Crippen LogP contribution in [-0.4, -0.2) is 35.8 Å². The van der Waals surface area contributed by atoms with Crippen LogP contribution in [0.15, 0.2) is 0 Å². The number of rotatable bonds is 3. The summed E-state index contributed by atoms with van der Waals surface area (Å²) in [4.78, 5) is 23.6. The number of hydrogen-bond acceptors (Lipinski definition) is 3. The van der Waals surface area contributed by atoms with Crippen LogP contribution in [0, 0.1) is 5.92 Å². The fourth-order valence-corrected chi connectivity index (χ4v) is 1.55. The van der Waals surface area contributed by atoms with Gasteiger partial charge in [-0.25, -0.2) is 0 Å². The second-order valence-electron chi connectivity index (χ2n) is 3.90. The number of carbonyl (C=O) groups excluding carboxylic acids is 2. The lowest BCUT2D eigenvalue weighted by atomic mass is 9.93. The molecule has 14 heavy (non-hydrogen) atoms. The van der Waals surface area contributed by atoms with Crippen LogP contribution < -0.4 is 11.5 Å². The van der Waals surface area contributed by atoms with E-state index in [1.165, 1.54) is 0 Å². The van der Waals surface area contributed by atoms with E-state index in [9.17, 15) is 9.59 Å². The number of piperidine rings is 1. The summed E-state index contributed by atoms with van der Waals surface area (Å²) in [6, 6.07) is 0.0144. The molecule has 4 N–H and O–H groups in total. The van der Waals surface area contributed by atoms with Crippen molar-refractivity contribution in [2.75, 3.05) is 13.1 Å². The molecule has 0 aromatic heterocycles. The lowest BCUT2D eigenvalue weighted by Crippen LogP contribution is -2.51. The second-order valence-corrected chi connectivity index (χ2v) is 3.90. The van der Waals surface area contributed by atoms with Crippen LogP contribution in [0.2, 0.25) is 0 Å². The Morgan fingerprint density at radius 2 is 2.29 bits per heavy atom. The Bertz CT molecular complexity index is 242. The first-order chi connectivity index (χ1) is 6.50. The molecule has 0 aliphatic carbocycles. The highest BCUT2D eigenvalue weighted by Crippen LogP contribution is 2.16. The Kier molecular flexibility index (Phi) is 3.46. The molecule has 1 aliphatic rings. The lowest BCUT2D eigenvalue weighted by molar-refractivity contribution is -0.135. The van der Waals surface area contributed by atoms with Gasteiger partial charge < -0.3 is 16.4 Å². The average molecular weight is 199 g/mol. The van der Waals surface area contributed by atoms with E-state index in [-0.39, 0.29) is 30.2 Å². The van der Waals surface area contributed by atoms with Crippen molar-refractivity contribution >= 4 is 11.8 Å². The maximum atomic E-state index is 11.5. The molecule has 0 radical (unpaired) electrons. The molecule has 1 saturated heterocycles. The standard InChI is InChI=1S/C9H17N3O2/c1-6-4-9(14)12(5-7(6)10)3-2-8(11)13/h6-7H,2-5,10H2,1H3,(H2,11,13). The molecule has 2 unspecified atom stereocenters. The molecular formula is C9H17N3O2. The van der Waals surface area contributed by atoms with Gasteiger partial charge in [-0.15, -0.1) is 0 Å². The maximum absolute atomic E-state index is 11.5. The maximum Gasteiger partial charge on any atom is 0.222 e. The van der Waals surface area contributed by atoms with Gasteiger partial charge in [0.15, 0.2) is 0 Å². The quantitative estimate of drug-likeness (QED) is 0.614. The topological polar surface area (TPSA) is 89.4 Å². The summed E-state index contributed by atoms with van der Waals surface area (Å²) in [5.74, 6) is -0.0854. The van der Waals surface area contributed by atoms with Gasteiger partial charge in [-0.1, -0.05) is 6.92 Å². The summed E-state index contributed by atoms with van der Waals surface area (Å²) in [7, 11) is 0. The van der Waals surface area contributed by atoms with Gasteiger partial charge in [-0.05, 0) is 5.92 Å². The van der Waals surface area contributed by atoms with Gasteiger partial charge in [0.05, 0.1) is 0 Å². The summed E-state index contributed by atoms with van der Waals surface area (Å²) in [5, 5.41) is 0. The van der Waals surface area contributed by atoms with Gasteiger partial charge in [0, 0.05) is 32.0 Å². The van der Waals surface area contributed by atoms with Crippen molar-refractivity contribution in [2.45, 2.75) is 25.8 Å². The fraction of sp³-hybridized carbons (Fsp3) is 0.778. The number of carbonyl (C=O) groups is 2. The third kappa shape index (κ3) is 2.70. The number of hydrogen-bond donors (Lipinski definition) is 2. The van der Waals surface area contributed by atoms with Gasteiger partial charge >= 0.3 is 0 Å². The van der Waals surface area contributed by atoms with Crippen LogP contribution in [0.3, 0.4) is 0 Å². The Balaban J connectivity index is 2.45. The highest BCUT2D eigenvalue weighted by molar-refractivity contribution is 5.79. The molecule has 0 bridgehead atoms. The Morgan fingerprint density at radius 1 is 1.64 bits per heavy atom. The van der Waals surface area contributed by atoms with Crippen molar-refractivity contribution in [3.63, 3.8) is 0 Å². The van der Waals surface area contributed by atoms with Crippen LogP contribution in [0.1, 0.15) is 19.8 Å². The molecule has 0 saturated carbocycles. The van der Waals surface area contributed by atoms with Crippen molar-refractivity contribution in [2.24, 2.45) is 17.4 Å². The van der Waals surface area contributed by atoms with Crippen LogP contribution in [0.4, 0.5) is 0 Å². The fourth-order valence-electron chi connectivity index (χ4n) is 1.55. The molecule has 1 heterocycles. The van der Waals surface area contributed by atoms with Crippen molar-refractivity contribution in [1.29, 1.82) is 0 Å². The van der Waals surface area contributed by atoms with Crippen molar-refractivity contribution in [3.8, 4) is 0 Å². The third-order valence-electron chi connectivity index (χ3n) is 2.64. The van der Waals surface area contributed by atoms with Gasteiger partial charge in [-0.2, -0.15) is 0 Å². The molecular weight excluding hydrogens is 182 g/mol. The normalized spacial score (nSPS) is 27.9. The molecule has 0 spiro atoms. The van der Waals surface area contributed by atoms with E-state index in [2.05, 4.69) is 0 Å². The van der Waals surface area contributed by atoms with E-state index >= 15 is 0 Å². The van der Waals surface area contributed by atoms with E-state index in [4.69, 9.17) is 11.5 Å². The summed E-state index contributed by atoms with van der Waals surface area (Å²) in [6.45, 7) is 2.90. The molecule has 1 rings (SSSR count). The largest absolute Gasteiger partial charge is 0.370 e. The zero-order valence-electron chi connectivity index (χ0n) is 8.40. The minimum atomic E-state index is -0.384. The van der Waals surface area contributed by atoms with Crippen LogP contribution in [0.5, 0.6) is 0 Å². The van der Waals surface area contributed by atoms with Crippen LogP contribution in [0.25, 0.3) is 0 Å². The van der Waals surface area contributed by atoms with Gasteiger partial charge in [0.25, 0.3) is 0 Å². The van der Waals surface area contributed by atoms with Crippen molar-refractivity contribution in [3.05, 3.63) is 0 Å². The minimum Gasteiger partial charge on any atom is -0.370 e. The summed E-state index contributed by atoms with van der Waals surface area (Å²) >= 11 is 0. The molecule has 1 fully saturated rings. The van der Waals surface area contributed by atoms with Crippen molar-refractivity contribution in [1.82, 2.24) is 4.90 Å².